The van der Waals surface area contributed by atoms with E-state index in [0.29, 0.717) is 18.1 Å². The molecular weight excluding hydrogens is 226 g/mol. The van der Waals surface area contributed by atoms with Crippen molar-refractivity contribution in [2.24, 2.45) is 0 Å². The highest BCUT2D eigenvalue weighted by atomic mass is 16.5. The number of anilines is 1. The zero-order chi connectivity index (χ0) is 13.1. The molecule has 0 radical (unpaired) electrons. The number of rotatable bonds is 4. The fraction of sp³-hybridized carbons (Fsp3) is 0.714. The molecule has 4 heteroatoms. The predicted octanol–water partition coefficient (Wildman–Crippen LogP) is 2.89. The van der Waals surface area contributed by atoms with E-state index in [1.54, 1.807) is 7.11 Å². The highest BCUT2D eigenvalue weighted by Gasteiger charge is 2.27. The monoisotopic (exact) mass is 249 g/mol. The van der Waals surface area contributed by atoms with Gasteiger partial charge in [0.2, 0.25) is 0 Å². The molecule has 18 heavy (non-hydrogen) atoms. The first kappa shape index (κ1) is 13.3. The van der Waals surface area contributed by atoms with Gasteiger partial charge in [-0.1, -0.05) is 13.8 Å². The second kappa shape index (κ2) is 5.65. The minimum atomic E-state index is 0.308. The second-order valence-electron chi connectivity index (χ2n) is 5.36. The molecule has 4 nitrogen and oxygen atoms in total. The molecule has 100 valence electrons. The lowest BCUT2D eigenvalue weighted by Gasteiger charge is -2.20. The Balaban J connectivity index is 2.13. The van der Waals surface area contributed by atoms with Crippen LogP contribution in [0.5, 0.6) is 0 Å². The van der Waals surface area contributed by atoms with Crippen LogP contribution in [0.3, 0.4) is 0 Å². The van der Waals surface area contributed by atoms with Crippen LogP contribution in [0, 0.1) is 6.92 Å². The fourth-order valence-corrected chi connectivity index (χ4v) is 2.49. The molecule has 1 heterocycles. The van der Waals surface area contributed by atoms with Crippen molar-refractivity contribution in [2.45, 2.75) is 58.1 Å². The third kappa shape index (κ3) is 2.99. The molecular formula is C14H23N3O. The van der Waals surface area contributed by atoms with Gasteiger partial charge in [0.1, 0.15) is 11.6 Å². The zero-order valence-corrected chi connectivity index (χ0v) is 11.7. The van der Waals surface area contributed by atoms with Crippen molar-refractivity contribution in [3.8, 4) is 0 Å². The summed E-state index contributed by atoms with van der Waals surface area (Å²) in [4.78, 5) is 9.05. The van der Waals surface area contributed by atoms with Crippen LogP contribution in [-0.4, -0.2) is 29.2 Å². The van der Waals surface area contributed by atoms with E-state index >= 15 is 0 Å². The standard InChI is InChI=1S/C14H23N3O/c1-9(2)14-15-10(3)8-13(17-14)16-11-6-5-7-12(11)18-4/h8-9,11-12H,5-7H2,1-4H3,(H,15,16,17). The van der Waals surface area contributed by atoms with Crippen molar-refractivity contribution >= 4 is 5.82 Å². The van der Waals surface area contributed by atoms with E-state index in [4.69, 9.17) is 4.74 Å². The molecule has 0 saturated heterocycles. The van der Waals surface area contributed by atoms with Crippen LogP contribution >= 0.6 is 0 Å². The number of methoxy groups -OCH3 is 1. The Morgan fingerprint density at radius 2 is 2.11 bits per heavy atom. The third-order valence-corrected chi connectivity index (χ3v) is 3.48. The molecule has 0 aliphatic heterocycles. The molecule has 0 spiro atoms. The molecule has 2 rings (SSSR count). The van der Waals surface area contributed by atoms with E-state index in [9.17, 15) is 0 Å². The Labute approximate surface area is 109 Å². The molecule has 0 aromatic carbocycles. The average molecular weight is 249 g/mol. The van der Waals surface area contributed by atoms with Crippen LogP contribution in [-0.2, 0) is 4.74 Å². The Hall–Kier alpha value is -1.16. The molecule has 1 aliphatic rings. The van der Waals surface area contributed by atoms with Gasteiger partial charge in [0.15, 0.2) is 0 Å². The van der Waals surface area contributed by atoms with E-state index in [1.807, 2.05) is 13.0 Å². The van der Waals surface area contributed by atoms with Crippen LogP contribution in [0.4, 0.5) is 5.82 Å². The number of ether oxygens (including phenoxy) is 1. The topological polar surface area (TPSA) is 47.0 Å². The molecule has 1 fully saturated rings. The Morgan fingerprint density at radius 3 is 2.78 bits per heavy atom. The van der Waals surface area contributed by atoms with Crippen LogP contribution in [0.2, 0.25) is 0 Å². The van der Waals surface area contributed by atoms with Gasteiger partial charge in [-0.2, -0.15) is 0 Å². The molecule has 1 aromatic heterocycles. The van der Waals surface area contributed by atoms with Gasteiger partial charge in [0, 0.05) is 24.8 Å². The predicted molar refractivity (Wildman–Crippen MR) is 72.9 cm³/mol. The van der Waals surface area contributed by atoms with Crippen molar-refractivity contribution in [3.05, 3.63) is 17.6 Å². The number of nitrogens with one attached hydrogen (secondary N) is 1. The average Bonchev–Trinajstić information content (AvgIpc) is 2.75. The highest BCUT2D eigenvalue weighted by molar-refractivity contribution is 5.38. The van der Waals surface area contributed by atoms with Crippen molar-refractivity contribution in [2.75, 3.05) is 12.4 Å². The summed E-state index contributed by atoms with van der Waals surface area (Å²) in [5, 5.41) is 3.50. The smallest absolute Gasteiger partial charge is 0.133 e. The van der Waals surface area contributed by atoms with E-state index < -0.39 is 0 Å². The minimum Gasteiger partial charge on any atom is -0.379 e. The van der Waals surface area contributed by atoms with Gasteiger partial charge < -0.3 is 10.1 Å². The Morgan fingerprint density at radius 1 is 1.33 bits per heavy atom. The number of hydrogen-bond acceptors (Lipinski definition) is 4. The summed E-state index contributed by atoms with van der Waals surface area (Å²) in [7, 11) is 1.79. The van der Waals surface area contributed by atoms with Gasteiger partial charge in [-0.05, 0) is 26.2 Å². The largest absolute Gasteiger partial charge is 0.379 e. The van der Waals surface area contributed by atoms with Crippen LogP contribution in [0.15, 0.2) is 6.07 Å². The van der Waals surface area contributed by atoms with E-state index in [-0.39, 0.29) is 0 Å². The minimum absolute atomic E-state index is 0.308. The lowest BCUT2D eigenvalue weighted by Crippen LogP contribution is -2.30. The lowest BCUT2D eigenvalue weighted by atomic mass is 10.2. The lowest BCUT2D eigenvalue weighted by molar-refractivity contribution is 0.101. The SMILES string of the molecule is COC1CCCC1Nc1cc(C)nc(C(C)C)n1. The molecule has 0 bridgehead atoms. The van der Waals surface area contributed by atoms with Gasteiger partial charge in [0.05, 0.1) is 12.1 Å². The van der Waals surface area contributed by atoms with Crippen molar-refractivity contribution in [3.63, 3.8) is 0 Å². The number of hydrogen-bond donors (Lipinski definition) is 1. The Kier molecular flexibility index (Phi) is 4.17. The van der Waals surface area contributed by atoms with Crippen molar-refractivity contribution in [1.29, 1.82) is 0 Å². The summed E-state index contributed by atoms with van der Waals surface area (Å²) in [5.74, 6) is 2.19. The van der Waals surface area contributed by atoms with Gasteiger partial charge in [-0.15, -0.1) is 0 Å². The van der Waals surface area contributed by atoms with E-state index in [1.165, 1.54) is 6.42 Å². The normalized spacial score (nSPS) is 23.6. The van der Waals surface area contributed by atoms with E-state index in [2.05, 4.69) is 29.1 Å². The van der Waals surface area contributed by atoms with E-state index in [0.717, 1.165) is 30.2 Å². The summed E-state index contributed by atoms with van der Waals surface area (Å²) in [6.07, 6.45) is 3.81. The fourth-order valence-electron chi connectivity index (χ4n) is 2.49. The maximum absolute atomic E-state index is 5.50. The van der Waals surface area contributed by atoms with Gasteiger partial charge in [-0.3, -0.25) is 0 Å². The number of aromatic nitrogens is 2. The molecule has 2 atom stereocenters. The number of aryl methyl sites for hydroxylation is 1. The molecule has 1 aliphatic carbocycles. The molecule has 2 unspecified atom stereocenters. The van der Waals surface area contributed by atoms with Crippen molar-refractivity contribution < 1.29 is 4.74 Å². The van der Waals surface area contributed by atoms with Crippen LogP contribution in [0.1, 0.15) is 50.5 Å². The maximum Gasteiger partial charge on any atom is 0.133 e. The summed E-state index contributed by atoms with van der Waals surface area (Å²) >= 11 is 0. The first-order valence-corrected chi connectivity index (χ1v) is 6.75. The van der Waals surface area contributed by atoms with Crippen molar-refractivity contribution in [1.82, 2.24) is 9.97 Å². The third-order valence-electron chi connectivity index (χ3n) is 3.48. The maximum atomic E-state index is 5.50. The second-order valence-corrected chi connectivity index (χ2v) is 5.36. The Bertz CT molecular complexity index is 406. The number of nitrogens with zero attached hydrogens (tertiary/aromatic N) is 2. The van der Waals surface area contributed by atoms with Crippen LogP contribution in [0.25, 0.3) is 0 Å². The molecule has 1 N–H and O–H groups in total. The molecule has 0 amide bonds. The van der Waals surface area contributed by atoms with Crippen LogP contribution < -0.4 is 5.32 Å². The van der Waals surface area contributed by atoms with Gasteiger partial charge in [0.25, 0.3) is 0 Å². The quantitative estimate of drug-likeness (QED) is 0.891. The summed E-state index contributed by atoms with van der Waals surface area (Å²) < 4.78 is 5.50. The highest BCUT2D eigenvalue weighted by Crippen LogP contribution is 2.25. The first-order valence-electron chi connectivity index (χ1n) is 6.75. The summed E-state index contributed by atoms with van der Waals surface area (Å²) in [6, 6.07) is 2.39. The summed E-state index contributed by atoms with van der Waals surface area (Å²) in [6.45, 7) is 6.25. The van der Waals surface area contributed by atoms with Gasteiger partial charge in [-0.25, -0.2) is 9.97 Å². The molecule has 1 saturated carbocycles. The molecule has 1 aromatic rings. The van der Waals surface area contributed by atoms with Gasteiger partial charge >= 0.3 is 0 Å². The first-order chi connectivity index (χ1) is 8.60. The summed E-state index contributed by atoms with van der Waals surface area (Å²) in [5.41, 5.74) is 1.02. The zero-order valence-electron chi connectivity index (χ0n) is 11.7.